The van der Waals surface area contributed by atoms with Crippen molar-refractivity contribution in [2.24, 2.45) is 0 Å². The van der Waals surface area contributed by atoms with Gasteiger partial charge in [0.15, 0.2) is 11.5 Å². The van der Waals surface area contributed by atoms with Gasteiger partial charge in [0.2, 0.25) is 5.88 Å². The molecule has 1 N–H and O–H groups in total. The van der Waals surface area contributed by atoms with Crippen LogP contribution in [0.4, 0.5) is 11.4 Å². The van der Waals surface area contributed by atoms with Crippen molar-refractivity contribution in [2.75, 3.05) is 11.6 Å². The molecule has 0 spiro atoms. The molecular formula is C26H22N4O6. The molecule has 1 aliphatic heterocycles. The maximum Gasteiger partial charge on any atom is 0.287 e. The molecule has 0 unspecified atom stereocenters. The Morgan fingerprint density at radius 2 is 1.94 bits per heavy atom. The minimum atomic E-state index is -0.548. The van der Waals surface area contributed by atoms with E-state index in [1.54, 1.807) is 49.4 Å². The Kier molecular flexibility index (Phi) is 7.05. The Bertz CT molecular complexity index is 1350. The standard InChI is InChI=1S/C26H22N4O6/c1-3-8-18-13-17(14-21-25(31)28-29(26(21)32)19-9-6-5-7-10-19)15-22(35-4-2)24(18)36-23-12-11-20(16-27-23)30(33)34/h3,5-7,9-16H,1,4,8H2,2H3,(H,28,31). The van der Waals surface area contributed by atoms with E-state index in [9.17, 15) is 19.7 Å². The van der Waals surface area contributed by atoms with Crippen molar-refractivity contribution in [2.45, 2.75) is 13.3 Å². The zero-order valence-electron chi connectivity index (χ0n) is 19.3. The third kappa shape index (κ3) is 5.07. The monoisotopic (exact) mass is 486 g/mol. The number of benzene rings is 2. The predicted molar refractivity (Wildman–Crippen MR) is 133 cm³/mol. The molecule has 1 saturated heterocycles. The smallest absolute Gasteiger partial charge is 0.287 e. The lowest BCUT2D eigenvalue weighted by Crippen LogP contribution is -2.35. The fourth-order valence-corrected chi connectivity index (χ4v) is 3.58. The van der Waals surface area contributed by atoms with E-state index < -0.39 is 16.7 Å². The summed E-state index contributed by atoms with van der Waals surface area (Å²) in [4.78, 5) is 39.9. The number of nitro groups is 1. The molecule has 3 aromatic rings. The van der Waals surface area contributed by atoms with Crippen LogP contribution in [0.25, 0.3) is 6.08 Å². The minimum Gasteiger partial charge on any atom is -0.490 e. The molecule has 0 atom stereocenters. The number of aromatic nitrogens is 1. The second kappa shape index (κ2) is 10.5. The van der Waals surface area contributed by atoms with E-state index in [4.69, 9.17) is 9.47 Å². The highest BCUT2D eigenvalue weighted by atomic mass is 16.6. The molecule has 182 valence electrons. The fraction of sp³-hybridized carbons (Fsp3) is 0.115. The second-order valence-electron chi connectivity index (χ2n) is 7.62. The van der Waals surface area contributed by atoms with Crippen LogP contribution < -0.4 is 19.9 Å². The number of hydrogen-bond donors (Lipinski definition) is 1. The van der Waals surface area contributed by atoms with Crippen molar-refractivity contribution >= 4 is 29.3 Å². The van der Waals surface area contributed by atoms with E-state index in [0.29, 0.717) is 41.3 Å². The van der Waals surface area contributed by atoms with Gasteiger partial charge in [0.1, 0.15) is 11.8 Å². The van der Waals surface area contributed by atoms with Gasteiger partial charge >= 0.3 is 0 Å². The molecule has 1 aliphatic rings. The molecule has 2 amide bonds. The minimum absolute atomic E-state index is 0.0310. The summed E-state index contributed by atoms with van der Waals surface area (Å²) in [5.74, 6) is -0.155. The number of anilines is 1. The molecule has 4 rings (SSSR count). The number of carbonyl (C=O) groups excluding carboxylic acids is 2. The Balaban J connectivity index is 1.71. The molecule has 0 radical (unpaired) electrons. The first kappa shape index (κ1) is 24.1. The lowest BCUT2D eigenvalue weighted by atomic mass is 10.0. The summed E-state index contributed by atoms with van der Waals surface area (Å²) < 4.78 is 11.7. The predicted octanol–water partition coefficient (Wildman–Crippen LogP) is 4.37. The topological polar surface area (TPSA) is 124 Å². The number of carbonyl (C=O) groups is 2. The molecule has 0 aliphatic carbocycles. The molecule has 10 nitrogen and oxygen atoms in total. The third-order valence-corrected chi connectivity index (χ3v) is 5.17. The van der Waals surface area contributed by atoms with Gasteiger partial charge in [-0.3, -0.25) is 25.1 Å². The molecule has 0 saturated carbocycles. The van der Waals surface area contributed by atoms with Gasteiger partial charge in [-0.05, 0) is 49.2 Å². The SMILES string of the molecule is C=CCc1cc(C=C2C(=O)NN(c3ccccc3)C2=O)cc(OCC)c1Oc1ccc([N+](=O)[O-])cn1. The van der Waals surface area contributed by atoms with E-state index in [2.05, 4.69) is 17.0 Å². The molecule has 10 heteroatoms. The van der Waals surface area contributed by atoms with Gasteiger partial charge in [-0.15, -0.1) is 6.58 Å². The molecule has 1 aromatic heterocycles. The van der Waals surface area contributed by atoms with Crippen LogP contribution in [0.2, 0.25) is 0 Å². The first-order valence-corrected chi connectivity index (χ1v) is 11.0. The largest absolute Gasteiger partial charge is 0.490 e. The van der Waals surface area contributed by atoms with Crippen molar-refractivity contribution in [1.82, 2.24) is 10.4 Å². The lowest BCUT2D eigenvalue weighted by molar-refractivity contribution is -0.385. The molecule has 2 heterocycles. The zero-order chi connectivity index (χ0) is 25.7. The fourth-order valence-electron chi connectivity index (χ4n) is 3.58. The number of rotatable bonds is 9. The van der Waals surface area contributed by atoms with Crippen molar-refractivity contribution in [3.8, 4) is 17.4 Å². The lowest BCUT2D eigenvalue weighted by Gasteiger charge is -2.16. The molecule has 0 bridgehead atoms. The Hall–Kier alpha value is -4.99. The molecular weight excluding hydrogens is 464 g/mol. The number of allylic oxidation sites excluding steroid dienone is 1. The Morgan fingerprint density at radius 1 is 1.17 bits per heavy atom. The van der Waals surface area contributed by atoms with Gasteiger partial charge in [0.25, 0.3) is 17.5 Å². The van der Waals surface area contributed by atoms with Crippen LogP contribution >= 0.6 is 0 Å². The number of para-hydroxylation sites is 1. The highest BCUT2D eigenvalue weighted by molar-refractivity contribution is 6.31. The number of nitrogens with zero attached hydrogens (tertiary/aromatic N) is 3. The summed E-state index contributed by atoms with van der Waals surface area (Å²) in [6.45, 7) is 5.91. The summed E-state index contributed by atoms with van der Waals surface area (Å²) in [7, 11) is 0. The number of ether oxygens (including phenoxy) is 2. The van der Waals surface area contributed by atoms with Crippen LogP contribution in [0.3, 0.4) is 0 Å². The van der Waals surface area contributed by atoms with E-state index >= 15 is 0 Å². The highest BCUT2D eigenvalue weighted by Crippen LogP contribution is 2.38. The van der Waals surface area contributed by atoms with Crippen LogP contribution in [-0.4, -0.2) is 28.3 Å². The molecule has 1 fully saturated rings. The molecule has 36 heavy (non-hydrogen) atoms. The number of amides is 2. The quantitative estimate of drug-likeness (QED) is 0.157. The normalized spacial score (nSPS) is 14.0. The number of hydrazine groups is 1. The van der Waals surface area contributed by atoms with Crippen LogP contribution in [0.5, 0.6) is 17.4 Å². The average molecular weight is 486 g/mol. The first-order valence-electron chi connectivity index (χ1n) is 11.0. The summed E-state index contributed by atoms with van der Waals surface area (Å²) in [6, 6.07) is 14.9. The van der Waals surface area contributed by atoms with E-state index in [0.717, 1.165) is 6.20 Å². The van der Waals surface area contributed by atoms with Crippen molar-refractivity contribution in [3.05, 3.63) is 100 Å². The van der Waals surface area contributed by atoms with E-state index in [-0.39, 0.29) is 17.1 Å². The summed E-state index contributed by atoms with van der Waals surface area (Å²) in [5, 5.41) is 12.1. The van der Waals surface area contributed by atoms with Crippen molar-refractivity contribution in [1.29, 1.82) is 0 Å². The Labute approximate surface area is 206 Å². The highest BCUT2D eigenvalue weighted by Gasteiger charge is 2.34. The second-order valence-corrected chi connectivity index (χ2v) is 7.62. The Morgan fingerprint density at radius 3 is 2.58 bits per heavy atom. The number of hydrogen-bond acceptors (Lipinski definition) is 7. The number of nitrogens with one attached hydrogen (secondary N) is 1. The van der Waals surface area contributed by atoms with Crippen LogP contribution in [-0.2, 0) is 16.0 Å². The number of pyridine rings is 1. The zero-order valence-corrected chi connectivity index (χ0v) is 19.3. The van der Waals surface area contributed by atoms with E-state index in [1.807, 2.05) is 6.07 Å². The van der Waals surface area contributed by atoms with Gasteiger partial charge in [0, 0.05) is 17.7 Å². The summed E-state index contributed by atoms with van der Waals surface area (Å²) in [5.41, 5.74) is 4.13. The van der Waals surface area contributed by atoms with Gasteiger partial charge < -0.3 is 9.47 Å². The van der Waals surface area contributed by atoms with Gasteiger partial charge in [-0.25, -0.2) is 9.99 Å². The summed E-state index contributed by atoms with van der Waals surface area (Å²) >= 11 is 0. The van der Waals surface area contributed by atoms with E-state index in [1.165, 1.54) is 23.2 Å². The maximum absolute atomic E-state index is 13.0. The van der Waals surface area contributed by atoms with Gasteiger partial charge in [0.05, 0.1) is 17.2 Å². The third-order valence-electron chi connectivity index (χ3n) is 5.17. The summed E-state index contributed by atoms with van der Waals surface area (Å²) in [6.07, 6.45) is 4.65. The van der Waals surface area contributed by atoms with Crippen molar-refractivity contribution in [3.63, 3.8) is 0 Å². The first-order chi connectivity index (χ1) is 17.4. The van der Waals surface area contributed by atoms with Crippen LogP contribution in [0.1, 0.15) is 18.1 Å². The molecule has 2 aromatic carbocycles. The van der Waals surface area contributed by atoms with Gasteiger partial charge in [-0.1, -0.05) is 24.3 Å². The van der Waals surface area contributed by atoms with Crippen LogP contribution in [0, 0.1) is 10.1 Å². The van der Waals surface area contributed by atoms with Crippen molar-refractivity contribution < 1.29 is 24.0 Å². The maximum atomic E-state index is 13.0. The van der Waals surface area contributed by atoms with Crippen LogP contribution in [0.15, 0.2) is 79.0 Å². The van der Waals surface area contributed by atoms with Gasteiger partial charge in [-0.2, -0.15) is 0 Å². The average Bonchev–Trinajstić information content (AvgIpc) is 3.15.